The van der Waals surface area contributed by atoms with E-state index in [1.165, 1.54) is 5.56 Å². The van der Waals surface area contributed by atoms with E-state index in [-0.39, 0.29) is 5.91 Å². The molecule has 0 spiro atoms. The summed E-state index contributed by atoms with van der Waals surface area (Å²) >= 11 is 0. The normalized spacial score (nSPS) is 21.5. The molecule has 0 unspecified atom stereocenters. The van der Waals surface area contributed by atoms with Crippen molar-refractivity contribution in [2.24, 2.45) is 0 Å². The van der Waals surface area contributed by atoms with Crippen LogP contribution in [-0.2, 0) is 11.2 Å². The van der Waals surface area contributed by atoms with Crippen LogP contribution < -0.4 is 10.6 Å². The molecule has 4 nitrogen and oxygen atoms in total. The van der Waals surface area contributed by atoms with Crippen molar-refractivity contribution in [2.75, 3.05) is 30.8 Å². The Labute approximate surface area is 114 Å². The van der Waals surface area contributed by atoms with Gasteiger partial charge in [0.15, 0.2) is 0 Å². The molecule has 2 aliphatic rings. The summed E-state index contributed by atoms with van der Waals surface area (Å²) in [6.07, 6.45) is 3.56. The summed E-state index contributed by atoms with van der Waals surface area (Å²) in [7, 11) is 2.14. The van der Waals surface area contributed by atoms with Crippen molar-refractivity contribution >= 4 is 17.3 Å². The van der Waals surface area contributed by atoms with E-state index in [1.54, 1.807) is 0 Å². The lowest BCUT2D eigenvalue weighted by Crippen LogP contribution is -2.48. The predicted molar refractivity (Wildman–Crippen MR) is 77.2 cm³/mol. The number of anilines is 2. The van der Waals surface area contributed by atoms with Crippen molar-refractivity contribution in [3.63, 3.8) is 0 Å². The summed E-state index contributed by atoms with van der Waals surface area (Å²) in [6, 6.07) is 6.29. The van der Waals surface area contributed by atoms with Gasteiger partial charge in [-0.3, -0.25) is 4.79 Å². The van der Waals surface area contributed by atoms with Crippen molar-refractivity contribution in [1.29, 1.82) is 0 Å². The number of benzene rings is 1. The lowest BCUT2D eigenvalue weighted by molar-refractivity contribution is -0.119. The second-order valence-corrected chi connectivity index (χ2v) is 5.69. The van der Waals surface area contributed by atoms with Gasteiger partial charge in [-0.25, -0.2) is 0 Å². The number of fused-ring (bicyclic) bond motifs is 1. The molecule has 102 valence electrons. The second-order valence-electron chi connectivity index (χ2n) is 5.69. The Morgan fingerprint density at radius 1 is 1.21 bits per heavy atom. The minimum absolute atomic E-state index is 0.270. The highest BCUT2D eigenvalue weighted by molar-refractivity contribution is 5.97. The lowest BCUT2D eigenvalue weighted by atomic mass is 9.95. The molecule has 1 aromatic rings. The van der Waals surface area contributed by atoms with Crippen LogP contribution in [0.2, 0.25) is 0 Å². The van der Waals surface area contributed by atoms with E-state index in [0.717, 1.165) is 43.7 Å². The number of nitrogens with zero attached hydrogens (tertiary/aromatic N) is 2. The number of nitrogen functional groups attached to an aromatic ring is 1. The fourth-order valence-corrected chi connectivity index (χ4v) is 3.19. The summed E-state index contributed by atoms with van der Waals surface area (Å²) in [6.45, 7) is 2.14. The zero-order chi connectivity index (χ0) is 13.4. The number of nitrogens with two attached hydrogens (primary N) is 1. The molecule has 0 radical (unpaired) electrons. The first-order chi connectivity index (χ1) is 9.15. The van der Waals surface area contributed by atoms with Gasteiger partial charge in [0, 0.05) is 23.8 Å². The van der Waals surface area contributed by atoms with Gasteiger partial charge in [0.2, 0.25) is 5.91 Å². The molecule has 2 heterocycles. The van der Waals surface area contributed by atoms with Crippen LogP contribution >= 0.6 is 0 Å². The first-order valence-corrected chi connectivity index (χ1v) is 7.04. The Morgan fingerprint density at radius 2 is 1.95 bits per heavy atom. The van der Waals surface area contributed by atoms with Crippen LogP contribution in [0.25, 0.3) is 0 Å². The zero-order valence-electron chi connectivity index (χ0n) is 11.4. The van der Waals surface area contributed by atoms with E-state index < -0.39 is 0 Å². The van der Waals surface area contributed by atoms with Crippen LogP contribution in [0.15, 0.2) is 18.2 Å². The predicted octanol–water partition coefficient (Wildman–Crippen LogP) is 1.64. The Morgan fingerprint density at radius 3 is 2.68 bits per heavy atom. The van der Waals surface area contributed by atoms with Gasteiger partial charge in [-0.15, -0.1) is 0 Å². The van der Waals surface area contributed by atoms with Gasteiger partial charge in [-0.05, 0) is 63.2 Å². The Balaban J connectivity index is 1.90. The van der Waals surface area contributed by atoms with E-state index in [9.17, 15) is 4.79 Å². The summed E-state index contributed by atoms with van der Waals surface area (Å²) < 4.78 is 0. The highest BCUT2D eigenvalue weighted by Crippen LogP contribution is 2.33. The third kappa shape index (κ3) is 2.32. The Kier molecular flexibility index (Phi) is 3.19. The molecule has 0 bridgehead atoms. The van der Waals surface area contributed by atoms with Gasteiger partial charge in [-0.2, -0.15) is 0 Å². The van der Waals surface area contributed by atoms with Gasteiger partial charge >= 0.3 is 0 Å². The Hall–Kier alpha value is -1.55. The largest absolute Gasteiger partial charge is 0.399 e. The number of likely N-dealkylation sites (tertiary alicyclic amines) is 1. The highest BCUT2D eigenvalue weighted by atomic mass is 16.2. The van der Waals surface area contributed by atoms with Crippen LogP contribution in [0.3, 0.4) is 0 Å². The van der Waals surface area contributed by atoms with Crippen molar-refractivity contribution in [2.45, 2.75) is 31.7 Å². The number of aryl methyl sites for hydroxylation is 1. The summed E-state index contributed by atoms with van der Waals surface area (Å²) in [4.78, 5) is 16.7. The molecule has 0 aliphatic carbocycles. The minimum atomic E-state index is 0.270. The fourth-order valence-electron chi connectivity index (χ4n) is 3.19. The van der Waals surface area contributed by atoms with Gasteiger partial charge in [0.25, 0.3) is 0 Å². The van der Waals surface area contributed by atoms with E-state index in [1.807, 2.05) is 23.1 Å². The fraction of sp³-hybridized carbons (Fsp3) is 0.533. The van der Waals surface area contributed by atoms with Crippen molar-refractivity contribution < 1.29 is 4.79 Å². The molecule has 0 atom stereocenters. The Bertz CT molecular complexity index is 492. The molecular weight excluding hydrogens is 238 g/mol. The molecule has 1 aromatic carbocycles. The van der Waals surface area contributed by atoms with Gasteiger partial charge in [-0.1, -0.05) is 0 Å². The van der Waals surface area contributed by atoms with E-state index in [2.05, 4.69) is 11.9 Å². The van der Waals surface area contributed by atoms with Crippen LogP contribution in [0.1, 0.15) is 24.8 Å². The van der Waals surface area contributed by atoms with E-state index in [0.29, 0.717) is 12.5 Å². The summed E-state index contributed by atoms with van der Waals surface area (Å²) in [5.41, 5.74) is 8.94. The molecule has 1 saturated heterocycles. The van der Waals surface area contributed by atoms with Crippen molar-refractivity contribution in [3.8, 4) is 0 Å². The molecule has 1 fully saturated rings. The number of amides is 1. The lowest BCUT2D eigenvalue weighted by Gasteiger charge is -2.40. The number of hydrogen-bond donors (Lipinski definition) is 1. The number of carbonyl (C=O) groups excluding carboxylic acids is 1. The van der Waals surface area contributed by atoms with Crippen LogP contribution in [0, 0.1) is 0 Å². The van der Waals surface area contributed by atoms with Gasteiger partial charge in [0.1, 0.15) is 0 Å². The third-order valence-electron chi connectivity index (χ3n) is 4.29. The number of carbonyl (C=O) groups is 1. The minimum Gasteiger partial charge on any atom is -0.399 e. The molecule has 3 rings (SSSR count). The molecule has 1 amide bonds. The number of rotatable bonds is 1. The van der Waals surface area contributed by atoms with Crippen molar-refractivity contribution in [3.05, 3.63) is 23.8 Å². The quantitative estimate of drug-likeness (QED) is 0.780. The van der Waals surface area contributed by atoms with Crippen LogP contribution in [0.4, 0.5) is 11.4 Å². The maximum atomic E-state index is 12.3. The average Bonchev–Trinajstić information content (AvgIpc) is 2.40. The van der Waals surface area contributed by atoms with Gasteiger partial charge < -0.3 is 15.5 Å². The summed E-state index contributed by atoms with van der Waals surface area (Å²) in [5, 5.41) is 0. The molecular formula is C15H21N3O. The third-order valence-corrected chi connectivity index (χ3v) is 4.29. The molecule has 4 heteroatoms. The first-order valence-electron chi connectivity index (χ1n) is 7.04. The molecule has 2 N–H and O–H groups in total. The highest BCUT2D eigenvalue weighted by Gasteiger charge is 2.32. The van der Waals surface area contributed by atoms with Crippen molar-refractivity contribution in [1.82, 2.24) is 4.90 Å². The monoisotopic (exact) mass is 259 g/mol. The zero-order valence-corrected chi connectivity index (χ0v) is 11.4. The standard InChI is InChI=1S/C15H21N3O/c1-17-8-6-13(7-9-17)18-14-4-3-12(16)10-11(14)2-5-15(18)19/h3-4,10,13H,2,5-9,16H2,1H3. The maximum Gasteiger partial charge on any atom is 0.227 e. The molecule has 2 aliphatic heterocycles. The van der Waals surface area contributed by atoms with Crippen LogP contribution in [0.5, 0.6) is 0 Å². The molecule has 19 heavy (non-hydrogen) atoms. The smallest absolute Gasteiger partial charge is 0.227 e. The van der Waals surface area contributed by atoms with Gasteiger partial charge in [0.05, 0.1) is 0 Å². The molecule has 0 aromatic heterocycles. The van der Waals surface area contributed by atoms with E-state index >= 15 is 0 Å². The topological polar surface area (TPSA) is 49.6 Å². The molecule has 0 saturated carbocycles. The maximum absolute atomic E-state index is 12.3. The SMILES string of the molecule is CN1CCC(N2C(=O)CCc3cc(N)ccc32)CC1. The average molecular weight is 259 g/mol. The number of hydrogen-bond acceptors (Lipinski definition) is 3. The first kappa shape index (κ1) is 12.5. The summed E-state index contributed by atoms with van der Waals surface area (Å²) in [5.74, 6) is 0.270. The van der Waals surface area contributed by atoms with Crippen LogP contribution in [-0.4, -0.2) is 37.0 Å². The second kappa shape index (κ2) is 4.85. The van der Waals surface area contributed by atoms with E-state index in [4.69, 9.17) is 5.73 Å². The number of piperidine rings is 1.